The number of hydrogen-bond donors (Lipinski definition) is 1. The van der Waals surface area contributed by atoms with E-state index in [2.05, 4.69) is 10.3 Å². The second kappa shape index (κ2) is 5.69. The highest BCUT2D eigenvalue weighted by Crippen LogP contribution is 2.20. The summed E-state index contributed by atoms with van der Waals surface area (Å²) in [5.74, 6) is -1.11. The van der Waals surface area contributed by atoms with Crippen molar-refractivity contribution in [3.8, 4) is 0 Å². The molecule has 0 amide bonds. The van der Waals surface area contributed by atoms with Crippen LogP contribution in [0.4, 0.5) is 8.78 Å². The number of likely N-dealkylation sites (N-methyl/N-ethyl adjacent to an activating group) is 1. The maximum Gasteiger partial charge on any atom is 0.126 e. The molecule has 1 unspecified atom stereocenters. The summed E-state index contributed by atoms with van der Waals surface area (Å²) in [6.07, 6.45) is 4.06. The van der Waals surface area contributed by atoms with Gasteiger partial charge in [-0.05, 0) is 48.9 Å². The van der Waals surface area contributed by atoms with Gasteiger partial charge in [0.1, 0.15) is 11.6 Å². The number of hydrogen-bond acceptors (Lipinski definition) is 2. The Hall–Kier alpha value is -1.81. The molecule has 0 aliphatic heterocycles. The highest BCUT2D eigenvalue weighted by Gasteiger charge is 2.12. The molecule has 1 heterocycles. The van der Waals surface area contributed by atoms with Crippen molar-refractivity contribution in [3.05, 3.63) is 65.5 Å². The molecule has 1 N–H and O–H groups in total. The van der Waals surface area contributed by atoms with Crippen LogP contribution in [0.2, 0.25) is 0 Å². The number of benzene rings is 1. The van der Waals surface area contributed by atoms with Gasteiger partial charge in [0, 0.05) is 24.5 Å². The molecule has 0 fully saturated rings. The van der Waals surface area contributed by atoms with E-state index in [4.69, 9.17) is 0 Å². The third kappa shape index (κ3) is 3.11. The van der Waals surface area contributed by atoms with Crippen molar-refractivity contribution in [2.24, 2.45) is 0 Å². The summed E-state index contributed by atoms with van der Waals surface area (Å²) >= 11 is 0. The summed E-state index contributed by atoms with van der Waals surface area (Å²) in [5, 5.41) is 3.07. The molecule has 0 saturated carbocycles. The van der Waals surface area contributed by atoms with E-state index in [1.807, 2.05) is 12.1 Å². The summed E-state index contributed by atoms with van der Waals surface area (Å²) in [7, 11) is 1.77. The Bertz CT molecular complexity index is 494. The summed E-state index contributed by atoms with van der Waals surface area (Å²) in [6, 6.07) is 7.23. The van der Waals surface area contributed by atoms with E-state index in [-0.39, 0.29) is 6.04 Å². The van der Waals surface area contributed by atoms with Crippen LogP contribution < -0.4 is 5.32 Å². The van der Waals surface area contributed by atoms with Gasteiger partial charge in [0.25, 0.3) is 0 Å². The molecule has 1 atom stereocenters. The molecule has 18 heavy (non-hydrogen) atoms. The molecule has 0 radical (unpaired) electrons. The average Bonchev–Trinajstić information content (AvgIpc) is 2.36. The number of aromatic nitrogens is 1. The maximum atomic E-state index is 13.2. The van der Waals surface area contributed by atoms with E-state index in [9.17, 15) is 8.78 Å². The summed E-state index contributed by atoms with van der Waals surface area (Å²) < 4.78 is 26.4. The van der Waals surface area contributed by atoms with Gasteiger partial charge in [0.15, 0.2) is 0 Å². The highest BCUT2D eigenvalue weighted by atomic mass is 19.1. The Labute approximate surface area is 105 Å². The van der Waals surface area contributed by atoms with Crippen molar-refractivity contribution in [1.82, 2.24) is 10.3 Å². The minimum absolute atomic E-state index is 0.127. The van der Waals surface area contributed by atoms with Gasteiger partial charge in [0.05, 0.1) is 0 Å². The van der Waals surface area contributed by atoms with Crippen LogP contribution in [0.3, 0.4) is 0 Å². The maximum absolute atomic E-state index is 13.2. The first kappa shape index (κ1) is 12.6. The first-order valence-electron chi connectivity index (χ1n) is 5.71. The van der Waals surface area contributed by atoms with Crippen LogP contribution in [0.25, 0.3) is 0 Å². The third-order valence-corrected chi connectivity index (χ3v) is 2.82. The van der Waals surface area contributed by atoms with Gasteiger partial charge in [-0.1, -0.05) is 0 Å². The molecule has 1 aromatic carbocycles. The van der Waals surface area contributed by atoms with Crippen molar-refractivity contribution < 1.29 is 8.78 Å². The zero-order valence-corrected chi connectivity index (χ0v) is 10.0. The van der Waals surface area contributed by atoms with E-state index < -0.39 is 11.6 Å². The number of nitrogens with zero attached hydrogens (tertiary/aromatic N) is 1. The highest BCUT2D eigenvalue weighted by molar-refractivity contribution is 5.24. The van der Waals surface area contributed by atoms with E-state index in [1.165, 1.54) is 12.1 Å². The Morgan fingerprint density at radius 3 is 2.28 bits per heavy atom. The molecule has 0 aliphatic carbocycles. The van der Waals surface area contributed by atoms with Gasteiger partial charge >= 0.3 is 0 Å². The van der Waals surface area contributed by atoms with Gasteiger partial charge in [-0.25, -0.2) is 8.78 Å². The van der Waals surface area contributed by atoms with E-state index in [0.29, 0.717) is 12.0 Å². The minimum atomic E-state index is -0.556. The van der Waals surface area contributed by atoms with Gasteiger partial charge in [-0.15, -0.1) is 0 Å². The quantitative estimate of drug-likeness (QED) is 0.900. The molecule has 0 saturated heterocycles. The topological polar surface area (TPSA) is 24.9 Å². The van der Waals surface area contributed by atoms with Crippen LogP contribution in [0.15, 0.2) is 42.7 Å². The standard InChI is InChI=1S/C14H14F2N2/c1-17-14(6-10-2-4-18-5-3-10)11-7-12(15)9-13(16)8-11/h2-5,7-9,14,17H,6H2,1H3. The van der Waals surface area contributed by atoms with Crippen LogP contribution in [0.1, 0.15) is 17.2 Å². The number of halogens is 2. The van der Waals surface area contributed by atoms with Crippen molar-refractivity contribution in [3.63, 3.8) is 0 Å². The largest absolute Gasteiger partial charge is 0.313 e. The molecule has 2 aromatic rings. The molecule has 0 spiro atoms. The van der Waals surface area contributed by atoms with Gasteiger partial charge in [-0.2, -0.15) is 0 Å². The lowest BCUT2D eigenvalue weighted by atomic mass is 9.99. The zero-order chi connectivity index (χ0) is 13.0. The monoisotopic (exact) mass is 248 g/mol. The van der Waals surface area contributed by atoms with E-state index >= 15 is 0 Å². The third-order valence-electron chi connectivity index (χ3n) is 2.82. The first-order chi connectivity index (χ1) is 8.69. The molecule has 2 nitrogen and oxygen atoms in total. The second-order valence-electron chi connectivity index (χ2n) is 4.10. The molecule has 2 rings (SSSR count). The van der Waals surface area contributed by atoms with E-state index in [1.54, 1.807) is 19.4 Å². The molecule has 0 aliphatic rings. The predicted molar refractivity (Wildman–Crippen MR) is 66.1 cm³/mol. The Balaban J connectivity index is 2.23. The van der Waals surface area contributed by atoms with Crippen LogP contribution in [-0.2, 0) is 6.42 Å². The Morgan fingerprint density at radius 1 is 1.11 bits per heavy atom. The predicted octanol–water partition coefficient (Wildman–Crippen LogP) is 2.86. The van der Waals surface area contributed by atoms with Crippen LogP contribution >= 0.6 is 0 Å². The van der Waals surface area contributed by atoms with E-state index in [0.717, 1.165) is 11.6 Å². The fourth-order valence-electron chi connectivity index (χ4n) is 1.92. The molecule has 0 bridgehead atoms. The van der Waals surface area contributed by atoms with Crippen molar-refractivity contribution in [2.45, 2.75) is 12.5 Å². The first-order valence-corrected chi connectivity index (χ1v) is 5.71. The lowest BCUT2D eigenvalue weighted by Gasteiger charge is -2.17. The van der Waals surface area contributed by atoms with Crippen molar-refractivity contribution in [2.75, 3.05) is 7.05 Å². The second-order valence-corrected chi connectivity index (χ2v) is 4.10. The smallest absolute Gasteiger partial charge is 0.126 e. The van der Waals surface area contributed by atoms with Gasteiger partial charge in [0.2, 0.25) is 0 Å². The average molecular weight is 248 g/mol. The van der Waals surface area contributed by atoms with Crippen molar-refractivity contribution in [1.29, 1.82) is 0 Å². The lowest BCUT2D eigenvalue weighted by molar-refractivity contribution is 0.551. The molecule has 94 valence electrons. The molecular weight excluding hydrogens is 234 g/mol. The SMILES string of the molecule is CNC(Cc1ccncc1)c1cc(F)cc(F)c1. The normalized spacial score (nSPS) is 12.4. The van der Waals surface area contributed by atoms with Crippen molar-refractivity contribution >= 4 is 0 Å². The van der Waals surface area contributed by atoms with Crippen LogP contribution in [0, 0.1) is 11.6 Å². The number of rotatable bonds is 4. The van der Waals surface area contributed by atoms with Crippen LogP contribution in [0.5, 0.6) is 0 Å². The van der Waals surface area contributed by atoms with Gasteiger partial charge in [-0.3, -0.25) is 4.98 Å². The number of nitrogens with one attached hydrogen (secondary N) is 1. The number of pyridine rings is 1. The zero-order valence-electron chi connectivity index (χ0n) is 10.0. The Kier molecular flexibility index (Phi) is 3.99. The Morgan fingerprint density at radius 2 is 1.72 bits per heavy atom. The van der Waals surface area contributed by atoms with Gasteiger partial charge < -0.3 is 5.32 Å². The molecule has 4 heteroatoms. The fourth-order valence-corrected chi connectivity index (χ4v) is 1.92. The summed E-state index contributed by atoms with van der Waals surface area (Å²) in [5.41, 5.74) is 1.67. The summed E-state index contributed by atoms with van der Waals surface area (Å²) in [6.45, 7) is 0. The minimum Gasteiger partial charge on any atom is -0.313 e. The summed E-state index contributed by atoms with van der Waals surface area (Å²) in [4.78, 5) is 3.94. The van der Waals surface area contributed by atoms with Crippen LogP contribution in [-0.4, -0.2) is 12.0 Å². The molecular formula is C14H14F2N2. The molecule has 1 aromatic heterocycles. The lowest BCUT2D eigenvalue weighted by Crippen LogP contribution is -2.19. The fraction of sp³-hybridized carbons (Fsp3) is 0.214.